The molecule has 0 spiro atoms. The zero-order valence-corrected chi connectivity index (χ0v) is 14.3. The van der Waals surface area contributed by atoms with Gasteiger partial charge in [0.1, 0.15) is 0 Å². The van der Waals surface area contributed by atoms with E-state index in [1.807, 2.05) is 73.6 Å². The number of rotatable bonds is 5. The van der Waals surface area contributed by atoms with Gasteiger partial charge in [-0.2, -0.15) is 0 Å². The van der Waals surface area contributed by atoms with Crippen LogP contribution in [0.3, 0.4) is 0 Å². The summed E-state index contributed by atoms with van der Waals surface area (Å²) in [5.74, 6) is -0.346. The van der Waals surface area contributed by atoms with Crippen LogP contribution >= 0.6 is 0 Å². The van der Waals surface area contributed by atoms with Crippen molar-refractivity contribution < 1.29 is 9.90 Å². The van der Waals surface area contributed by atoms with Crippen LogP contribution in [0.4, 0.5) is 5.69 Å². The van der Waals surface area contributed by atoms with Crippen molar-refractivity contribution in [2.45, 2.75) is 13.1 Å². The van der Waals surface area contributed by atoms with Crippen molar-refractivity contribution in [2.75, 3.05) is 14.1 Å². The van der Waals surface area contributed by atoms with Crippen LogP contribution < -0.4 is 0 Å². The van der Waals surface area contributed by atoms with Crippen molar-refractivity contribution in [3.63, 3.8) is 0 Å². The summed E-state index contributed by atoms with van der Waals surface area (Å²) in [5, 5.41) is 19.1. The average molecular weight is 336 g/mol. The molecule has 6 heteroatoms. The van der Waals surface area contributed by atoms with Gasteiger partial charge in [0.15, 0.2) is 5.69 Å². The maximum absolute atomic E-state index is 12.1. The van der Waals surface area contributed by atoms with Gasteiger partial charge in [0.2, 0.25) is 5.88 Å². The minimum absolute atomic E-state index is 0.00570. The Morgan fingerprint density at radius 3 is 2.48 bits per heavy atom. The molecule has 0 radical (unpaired) electrons. The van der Waals surface area contributed by atoms with Crippen LogP contribution in [-0.4, -0.2) is 34.6 Å². The highest BCUT2D eigenvalue weighted by Crippen LogP contribution is 2.38. The minimum Gasteiger partial charge on any atom is -0.493 e. The Morgan fingerprint density at radius 2 is 1.76 bits per heavy atom. The topological polar surface area (TPSA) is 70.2 Å². The second kappa shape index (κ2) is 7.27. The molecule has 25 heavy (non-hydrogen) atoms. The molecule has 0 bridgehead atoms. The molecule has 1 heterocycles. The van der Waals surface area contributed by atoms with Crippen LogP contribution in [-0.2, 0) is 17.9 Å². The third-order valence-corrected chi connectivity index (χ3v) is 3.80. The van der Waals surface area contributed by atoms with E-state index in [2.05, 4.69) is 10.2 Å². The van der Waals surface area contributed by atoms with Crippen molar-refractivity contribution in [2.24, 2.45) is 10.2 Å². The number of azo groups is 1. The van der Waals surface area contributed by atoms with E-state index in [9.17, 15) is 9.90 Å². The standard InChI is InChI=1S/C19H20N4O2/c1-22(2)13-23-16-11-7-6-10-15(16)18(19(23)25)21-20-17(24)12-14-8-4-3-5-9-14/h3-11,25H,12-13H2,1-2H3. The first-order chi connectivity index (χ1) is 12.1. The lowest BCUT2D eigenvalue weighted by atomic mass is 10.1. The molecule has 1 aromatic heterocycles. The minimum atomic E-state index is -0.352. The predicted octanol–water partition coefficient (Wildman–Crippen LogP) is 3.72. The second-order valence-electron chi connectivity index (χ2n) is 6.09. The first-order valence-corrected chi connectivity index (χ1v) is 7.99. The largest absolute Gasteiger partial charge is 0.493 e. The lowest BCUT2D eigenvalue weighted by Crippen LogP contribution is -2.16. The number of carbonyl (C=O) groups excluding carboxylic acids is 1. The highest BCUT2D eigenvalue weighted by Gasteiger charge is 2.17. The van der Waals surface area contributed by atoms with Crippen LogP contribution in [0.1, 0.15) is 5.56 Å². The lowest BCUT2D eigenvalue weighted by molar-refractivity contribution is -0.117. The van der Waals surface area contributed by atoms with E-state index >= 15 is 0 Å². The number of carbonyl (C=O) groups is 1. The molecule has 1 amide bonds. The van der Waals surface area contributed by atoms with Crippen molar-refractivity contribution in [3.8, 4) is 5.88 Å². The van der Waals surface area contributed by atoms with Crippen LogP contribution in [0.2, 0.25) is 0 Å². The van der Waals surface area contributed by atoms with Crippen LogP contribution in [0, 0.1) is 0 Å². The molecule has 3 aromatic rings. The number of hydrogen-bond donors (Lipinski definition) is 1. The Morgan fingerprint density at radius 1 is 1.08 bits per heavy atom. The van der Waals surface area contributed by atoms with E-state index in [4.69, 9.17) is 0 Å². The van der Waals surface area contributed by atoms with Crippen molar-refractivity contribution in [3.05, 3.63) is 60.2 Å². The fraction of sp³-hybridized carbons (Fsp3) is 0.211. The third-order valence-electron chi connectivity index (χ3n) is 3.80. The molecule has 0 atom stereocenters. The quantitative estimate of drug-likeness (QED) is 0.722. The monoisotopic (exact) mass is 336 g/mol. The zero-order chi connectivity index (χ0) is 17.8. The molecule has 0 saturated carbocycles. The molecule has 0 aliphatic rings. The normalized spacial score (nSPS) is 11.6. The number of nitrogens with zero attached hydrogens (tertiary/aromatic N) is 4. The van der Waals surface area contributed by atoms with Crippen LogP contribution in [0.25, 0.3) is 10.9 Å². The highest BCUT2D eigenvalue weighted by molar-refractivity contribution is 5.95. The molecular weight excluding hydrogens is 316 g/mol. The maximum Gasteiger partial charge on any atom is 0.269 e. The Bertz CT molecular complexity index is 914. The molecule has 2 aromatic carbocycles. The molecule has 3 rings (SSSR count). The van der Waals surface area contributed by atoms with Gasteiger partial charge in [0.05, 0.1) is 18.6 Å². The van der Waals surface area contributed by atoms with Crippen molar-refractivity contribution >= 4 is 22.5 Å². The number of aromatic hydroxyl groups is 1. The van der Waals surface area contributed by atoms with Gasteiger partial charge in [0, 0.05) is 5.39 Å². The summed E-state index contributed by atoms with van der Waals surface area (Å²) < 4.78 is 1.74. The number of para-hydroxylation sites is 1. The molecular formula is C19H20N4O2. The highest BCUT2D eigenvalue weighted by atomic mass is 16.3. The fourth-order valence-electron chi connectivity index (χ4n) is 2.71. The van der Waals surface area contributed by atoms with E-state index in [0.29, 0.717) is 12.4 Å². The summed E-state index contributed by atoms with van der Waals surface area (Å²) in [6.07, 6.45) is 0.182. The molecule has 0 aliphatic carbocycles. The summed E-state index contributed by atoms with van der Waals surface area (Å²) in [6.45, 7) is 0.500. The van der Waals surface area contributed by atoms with Crippen LogP contribution in [0.15, 0.2) is 64.8 Å². The SMILES string of the molecule is CN(C)Cn1c(O)c(N=NC(=O)Cc2ccccc2)c2ccccc21. The second-order valence-corrected chi connectivity index (χ2v) is 6.09. The van der Waals surface area contributed by atoms with Gasteiger partial charge in [-0.1, -0.05) is 48.5 Å². The number of benzene rings is 2. The van der Waals surface area contributed by atoms with Gasteiger partial charge in [-0.05, 0) is 25.7 Å². The molecule has 0 saturated heterocycles. The van der Waals surface area contributed by atoms with E-state index in [-0.39, 0.29) is 18.2 Å². The number of amides is 1. The number of fused-ring (bicyclic) bond motifs is 1. The van der Waals surface area contributed by atoms with Crippen molar-refractivity contribution in [1.29, 1.82) is 0 Å². The van der Waals surface area contributed by atoms with Crippen LogP contribution in [0.5, 0.6) is 5.88 Å². The summed E-state index contributed by atoms with van der Waals surface area (Å²) in [4.78, 5) is 14.0. The predicted molar refractivity (Wildman–Crippen MR) is 97.0 cm³/mol. The molecule has 0 fully saturated rings. The van der Waals surface area contributed by atoms with E-state index in [1.165, 1.54) is 0 Å². The molecule has 128 valence electrons. The van der Waals surface area contributed by atoms with E-state index < -0.39 is 0 Å². The first-order valence-electron chi connectivity index (χ1n) is 7.99. The summed E-state index contributed by atoms with van der Waals surface area (Å²) in [6, 6.07) is 16.9. The average Bonchev–Trinajstić information content (AvgIpc) is 2.86. The zero-order valence-electron chi connectivity index (χ0n) is 14.3. The van der Waals surface area contributed by atoms with Gasteiger partial charge in [-0.3, -0.25) is 14.3 Å². The Hall–Kier alpha value is -2.99. The summed E-state index contributed by atoms with van der Waals surface area (Å²) in [7, 11) is 3.83. The third kappa shape index (κ3) is 3.75. The first kappa shape index (κ1) is 16.9. The molecule has 1 N–H and O–H groups in total. The van der Waals surface area contributed by atoms with Gasteiger partial charge in [-0.25, -0.2) is 0 Å². The Balaban J connectivity index is 1.90. The van der Waals surface area contributed by atoms with Gasteiger partial charge >= 0.3 is 0 Å². The fourth-order valence-corrected chi connectivity index (χ4v) is 2.71. The summed E-state index contributed by atoms with van der Waals surface area (Å²) in [5.41, 5.74) is 2.04. The maximum atomic E-state index is 12.1. The Labute approximate surface area is 146 Å². The number of hydrogen-bond acceptors (Lipinski definition) is 4. The van der Waals surface area contributed by atoms with Gasteiger partial charge < -0.3 is 5.11 Å². The smallest absolute Gasteiger partial charge is 0.269 e. The van der Waals surface area contributed by atoms with Gasteiger partial charge in [0.25, 0.3) is 5.91 Å². The molecule has 0 unspecified atom stereocenters. The van der Waals surface area contributed by atoms with Crippen molar-refractivity contribution in [1.82, 2.24) is 9.47 Å². The summed E-state index contributed by atoms with van der Waals surface area (Å²) >= 11 is 0. The number of aromatic nitrogens is 1. The lowest BCUT2D eigenvalue weighted by Gasteiger charge is -2.12. The van der Waals surface area contributed by atoms with Gasteiger partial charge in [-0.15, -0.1) is 10.2 Å². The van der Waals surface area contributed by atoms with E-state index in [1.54, 1.807) is 4.57 Å². The Kier molecular flexibility index (Phi) is 4.90. The van der Waals surface area contributed by atoms with E-state index in [0.717, 1.165) is 16.5 Å². The molecule has 6 nitrogen and oxygen atoms in total. The molecule has 0 aliphatic heterocycles.